The van der Waals surface area contributed by atoms with Crippen LogP contribution in [-0.2, 0) is 4.79 Å². The fourth-order valence-corrected chi connectivity index (χ4v) is 1.21. The van der Waals surface area contributed by atoms with Gasteiger partial charge in [-0.3, -0.25) is 4.79 Å². The summed E-state index contributed by atoms with van der Waals surface area (Å²) < 4.78 is 0. The molecule has 1 saturated heterocycles. The molecule has 0 aliphatic carbocycles. The van der Waals surface area contributed by atoms with Gasteiger partial charge in [-0.25, -0.2) is 0 Å². The number of rotatable bonds is 1. The zero-order valence-electron chi connectivity index (χ0n) is 5.96. The molecule has 0 bridgehead atoms. The monoisotopic (exact) mass is 176 g/mol. The summed E-state index contributed by atoms with van der Waals surface area (Å²) in [5.74, 6) is -0.383. The van der Waals surface area contributed by atoms with Crippen LogP contribution in [0.3, 0.4) is 0 Å². The number of carbonyl (C=O) groups is 1. The van der Waals surface area contributed by atoms with Gasteiger partial charge in [0.25, 0.3) is 5.91 Å². The first-order valence-corrected chi connectivity index (χ1v) is 3.80. The van der Waals surface area contributed by atoms with Gasteiger partial charge in [0.15, 0.2) is 0 Å². The van der Waals surface area contributed by atoms with E-state index in [1.54, 1.807) is 4.90 Å². The fraction of sp³-hybridized carbons (Fsp3) is 0.667. The van der Waals surface area contributed by atoms with E-state index in [2.05, 4.69) is 5.16 Å². The molecule has 0 atom stereocenters. The minimum absolute atomic E-state index is 0.355. The van der Waals surface area contributed by atoms with Crippen LogP contribution in [0.2, 0.25) is 0 Å². The maximum absolute atomic E-state index is 11.1. The Labute approximate surface area is 69.4 Å². The van der Waals surface area contributed by atoms with Gasteiger partial charge in [0.2, 0.25) is 5.17 Å². The van der Waals surface area contributed by atoms with Gasteiger partial charge >= 0.3 is 0 Å². The molecule has 0 radical (unpaired) electrons. The lowest BCUT2D eigenvalue weighted by Gasteiger charge is -2.12. The van der Waals surface area contributed by atoms with Crippen molar-refractivity contribution in [1.82, 2.24) is 4.90 Å². The van der Waals surface area contributed by atoms with Gasteiger partial charge in [0, 0.05) is 13.1 Å². The number of likely N-dealkylation sites (tertiary alicyclic amines) is 1. The summed E-state index contributed by atoms with van der Waals surface area (Å²) in [6, 6.07) is 0. The third kappa shape index (κ3) is 1.83. The molecule has 1 heterocycles. The Morgan fingerprint density at radius 3 is 2.45 bits per heavy atom. The maximum atomic E-state index is 11.1. The molecule has 1 fully saturated rings. The molecule has 0 aromatic carbocycles. The lowest BCUT2D eigenvalue weighted by molar-refractivity contribution is -0.122. The number of oxime groups is 1. The molecule has 5 heteroatoms. The highest BCUT2D eigenvalue weighted by Crippen LogP contribution is 2.08. The first-order chi connectivity index (χ1) is 5.25. The van der Waals surface area contributed by atoms with Gasteiger partial charge in [-0.2, -0.15) is 0 Å². The molecular weight excluding hydrogens is 168 g/mol. The van der Waals surface area contributed by atoms with Gasteiger partial charge in [0.05, 0.1) is 0 Å². The van der Waals surface area contributed by atoms with Crippen molar-refractivity contribution in [3.05, 3.63) is 0 Å². The van der Waals surface area contributed by atoms with Crippen LogP contribution >= 0.6 is 11.6 Å². The second-order valence-corrected chi connectivity index (χ2v) is 2.75. The van der Waals surface area contributed by atoms with Crippen molar-refractivity contribution in [2.45, 2.75) is 12.8 Å². The Balaban J connectivity index is 2.53. The molecule has 1 rings (SSSR count). The van der Waals surface area contributed by atoms with E-state index in [0.29, 0.717) is 13.1 Å². The topological polar surface area (TPSA) is 52.9 Å². The standard InChI is InChI=1S/C6H9ClN2O2/c7-5(8-11)6(10)9-3-1-2-4-9/h11H,1-4H2. The molecule has 11 heavy (non-hydrogen) atoms. The van der Waals surface area contributed by atoms with Crippen LogP contribution < -0.4 is 0 Å². The minimum Gasteiger partial charge on any atom is -0.409 e. The summed E-state index contributed by atoms with van der Waals surface area (Å²) >= 11 is 5.30. The van der Waals surface area contributed by atoms with Crippen LogP contribution in [-0.4, -0.2) is 34.3 Å². The van der Waals surface area contributed by atoms with Crippen molar-refractivity contribution in [3.8, 4) is 0 Å². The molecule has 1 aliphatic rings. The second-order valence-electron chi connectivity index (χ2n) is 2.39. The zero-order valence-corrected chi connectivity index (χ0v) is 6.71. The maximum Gasteiger partial charge on any atom is 0.287 e. The summed E-state index contributed by atoms with van der Waals surface area (Å²) in [6.45, 7) is 1.43. The minimum atomic E-state index is -0.383. The van der Waals surface area contributed by atoms with E-state index in [0.717, 1.165) is 12.8 Å². The summed E-state index contributed by atoms with van der Waals surface area (Å²) in [5, 5.41) is 10.4. The molecule has 1 aliphatic heterocycles. The first kappa shape index (κ1) is 8.33. The van der Waals surface area contributed by atoms with Gasteiger partial charge in [-0.15, -0.1) is 0 Å². The molecule has 62 valence electrons. The Morgan fingerprint density at radius 1 is 1.45 bits per heavy atom. The van der Waals surface area contributed by atoms with Crippen molar-refractivity contribution in [1.29, 1.82) is 0 Å². The van der Waals surface area contributed by atoms with Crippen LogP contribution in [0.5, 0.6) is 0 Å². The molecule has 0 saturated carbocycles. The summed E-state index contributed by atoms with van der Waals surface area (Å²) in [7, 11) is 0. The molecule has 1 N–H and O–H groups in total. The molecule has 1 amide bonds. The summed E-state index contributed by atoms with van der Waals surface area (Å²) in [5.41, 5.74) is 0. The predicted octanol–water partition coefficient (Wildman–Crippen LogP) is 0.635. The number of halogens is 1. The van der Waals surface area contributed by atoms with Crippen molar-refractivity contribution in [2.24, 2.45) is 5.16 Å². The third-order valence-corrected chi connectivity index (χ3v) is 1.89. The highest BCUT2D eigenvalue weighted by atomic mass is 35.5. The van der Waals surface area contributed by atoms with E-state index in [-0.39, 0.29) is 11.1 Å². The zero-order chi connectivity index (χ0) is 8.27. The molecule has 4 nitrogen and oxygen atoms in total. The smallest absolute Gasteiger partial charge is 0.287 e. The molecule has 0 unspecified atom stereocenters. The van der Waals surface area contributed by atoms with E-state index in [1.165, 1.54) is 0 Å². The van der Waals surface area contributed by atoms with E-state index in [9.17, 15) is 4.79 Å². The number of nitrogens with zero attached hydrogens (tertiary/aromatic N) is 2. The first-order valence-electron chi connectivity index (χ1n) is 3.42. The normalized spacial score (nSPS) is 19.0. The number of hydrogen-bond donors (Lipinski definition) is 1. The average Bonchev–Trinajstić information content (AvgIpc) is 2.53. The average molecular weight is 177 g/mol. The van der Waals surface area contributed by atoms with Gasteiger partial charge in [-0.1, -0.05) is 16.8 Å². The fourth-order valence-electron chi connectivity index (χ4n) is 1.09. The van der Waals surface area contributed by atoms with Gasteiger partial charge < -0.3 is 10.1 Å². The van der Waals surface area contributed by atoms with Gasteiger partial charge in [-0.05, 0) is 12.8 Å². The van der Waals surface area contributed by atoms with Crippen LogP contribution in [0.4, 0.5) is 0 Å². The Bertz CT molecular complexity index is 187. The Morgan fingerprint density at radius 2 is 2.00 bits per heavy atom. The van der Waals surface area contributed by atoms with Crippen LogP contribution in [0.1, 0.15) is 12.8 Å². The number of amides is 1. The Hall–Kier alpha value is -0.770. The van der Waals surface area contributed by atoms with Gasteiger partial charge in [0.1, 0.15) is 0 Å². The van der Waals surface area contributed by atoms with E-state index in [4.69, 9.17) is 16.8 Å². The van der Waals surface area contributed by atoms with Crippen LogP contribution in [0, 0.1) is 0 Å². The lowest BCUT2D eigenvalue weighted by Crippen LogP contribution is -2.31. The second kappa shape index (κ2) is 3.57. The van der Waals surface area contributed by atoms with Crippen molar-refractivity contribution in [2.75, 3.05) is 13.1 Å². The molecular formula is C6H9ClN2O2. The van der Waals surface area contributed by atoms with Crippen LogP contribution in [0.25, 0.3) is 0 Å². The summed E-state index contributed by atoms with van der Waals surface area (Å²) in [4.78, 5) is 12.7. The molecule has 0 aromatic heterocycles. The molecule has 0 aromatic rings. The van der Waals surface area contributed by atoms with E-state index >= 15 is 0 Å². The lowest BCUT2D eigenvalue weighted by atomic mass is 10.4. The molecule has 0 spiro atoms. The SMILES string of the molecule is O=C(C(Cl)=NO)N1CCCC1. The number of hydrogen-bond acceptors (Lipinski definition) is 3. The van der Waals surface area contributed by atoms with E-state index in [1.807, 2.05) is 0 Å². The number of carbonyl (C=O) groups excluding carboxylic acids is 1. The summed E-state index contributed by atoms with van der Waals surface area (Å²) in [6.07, 6.45) is 2.00. The third-order valence-electron chi connectivity index (χ3n) is 1.66. The largest absolute Gasteiger partial charge is 0.409 e. The quantitative estimate of drug-likeness (QED) is 0.362. The predicted molar refractivity (Wildman–Crippen MR) is 40.9 cm³/mol. The highest BCUT2D eigenvalue weighted by Gasteiger charge is 2.21. The van der Waals surface area contributed by atoms with Crippen molar-refractivity contribution in [3.63, 3.8) is 0 Å². The highest BCUT2D eigenvalue weighted by molar-refractivity contribution is 6.82. The Kier molecular flexibility index (Phi) is 2.70. The van der Waals surface area contributed by atoms with Crippen LogP contribution in [0.15, 0.2) is 5.16 Å². The van der Waals surface area contributed by atoms with Crippen molar-refractivity contribution >= 4 is 22.7 Å². The van der Waals surface area contributed by atoms with E-state index < -0.39 is 0 Å². The van der Waals surface area contributed by atoms with Crippen molar-refractivity contribution < 1.29 is 10.0 Å².